The van der Waals surface area contributed by atoms with Crippen LogP contribution in [-0.2, 0) is 4.74 Å². The van der Waals surface area contributed by atoms with Gasteiger partial charge in [-0.15, -0.1) is 0 Å². The molecule has 1 aliphatic heterocycles. The molecule has 0 spiro atoms. The number of morpholine rings is 1. The maximum atomic E-state index is 5.90. The fourth-order valence-corrected chi connectivity index (χ4v) is 2.75. The highest BCUT2D eigenvalue weighted by Gasteiger charge is 2.24. The van der Waals surface area contributed by atoms with Gasteiger partial charge in [-0.05, 0) is 44.5 Å². The van der Waals surface area contributed by atoms with Gasteiger partial charge >= 0.3 is 0 Å². The molecule has 1 aliphatic rings. The lowest BCUT2D eigenvalue weighted by molar-refractivity contribution is -0.0183. The van der Waals surface area contributed by atoms with Gasteiger partial charge < -0.3 is 15.4 Å². The van der Waals surface area contributed by atoms with Gasteiger partial charge in [-0.3, -0.25) is 0 Å². The minimum atomic E-state index is 0.249. The molecule has 2 atom stereocenters. The van der Waals surface area contributed by atoms with E-state index in [1.165, 1.54) is 11.3 Å². The molecule has 1 heterocycles. The summed E-state index contributed by atoms with van der Waals surface area (Å²) < 4.78 is 7.06. The molecule has 2 N–H and O–H groups in total. The van der Waals surface area contributed by atoms with E-state index in [-0.39, 0.29) is 12.2 Å². The predicted molar refractivity (Wildman–Crippen MR) is 79.1 cm³/mol. The highest BCUT2D eigenvalue weighted by Crippen LogP contribution is 2.26. The topological polar surface area (TPSA) is 38.5 Å². The van der Waals surface area contributed by atoms with E-state index in [1.807, 2.05) is 0 Å². The smallest absolute Gasteiger partial charge is 0.0766 e. The second kappa shape index (κ2) is 6.04. The number of nitrogens with zero attached hydrogens (tertiary/aromatic N) is 1. The molecule has 18 heavy (non-hydrogen) atoms. The highest BCUT2D eigenvalue weighted by atomic mass is 79.9. The third kappa shape index (κ3) is 3.25. The zero-order valence-electron chi connectivity index (χ0n) is 11.0. The van der Waals surface area contributed by atoms with Crippen LogP contribution in [0.5, 0.6) is 0 Å². The Morgan fingerprint density at radius 2 is 2.22 bits per heavy atom. The molecule has 2 rings (SSSR count). The minimum Gasteiger partial charge on any atom is -0.372 e. The summed E-state index contributed by atoms with van der Waals surface area (Å²) in [5, 5.41) is 0. The van der Waals surface area contributed by atoms with Gasteiger partial charge in [-0.1, -0.05) is 22.0 Å². The largest absolute Gasteiger partial charge is 0.372 e. The van der Waals surface area contributed by atoms with Gasteiger partial charge in [0.1, 0.15) is 0 Å². The first kappa shape index (κ1) is 13.8. The zero-order chi connectivity index (χ0) is 13.1. The van der Waals surface area contributed by atoms with Gasteiger partial charge in [0.2, 0.25) is 0 Å². The van der Waals surface area contributed by atoms with Crippen molar-refractivity contribution in [1.29, 1.82) is 0 Å². The van der Waals surface area contributed by atoms with Crippen LogP contribution in [0.25, 0.3) is 0 Å². The first-order chi connectivity index (χ1) is 8.60. The molecule has 4 heteroatoms. The van der Waals surface area contributed by atoms with Crippen LogP contribution in [0.2, 0.25) is 0 Å². The maximum Gasteiger partial charge on any atom is 0.0766 e. The van der Waals surface area contributed by atoms with Crippen LogP contribution in [0.15, 0.2) is 22.7 Å². The van der Waals surface area contributed by atoms with E-state index in [1.54, 1.807) is 0 Å². The normalized spacial score (nSPS) is 24.3. The van der Waals surface area contributed by atoms with E-state index in [9.17, 15) is 0 Å². The Morgan fingerprint density at radius 3 is 2.89 bits per heavy atom. The van der Waals surface area contributed by atoms with Gasteiger partial charge in [0.05, 0.1) is 12.2 Å². The van der Waals surface area contributed by atoms with Crippen LogP contribution < -0.4 is 10.6 Å². The first-order valence-corrected chi connectivity index (χ1v) is 7.26. The number of anilines is 1. The Labute approximate surface area is 117 Å². The summed E-state index contributed by atoms with van der Waals surface area (Å²) in [7, 11) is 0. The lowest BCUT2D eigenvalue weighted by Crippen LogP contribution is -2.47. The third-order valence-electron chi connectivity index (χ3n) is 3.34. The molecule has 0 amide bonds. The fourth-order valence-electron chi connectivity index (χ4n) is 2.38. The van der Waals surface area contributed by atoms with Crippen molar-refractivity contribution in [1.82, 2.24) is 0 Å². The molecule has 0 bridgehead atoms. The summed E-state index contributed by atoms with van der Waals surface area (Å²) in [5.74, 6) is 0. The van der Waals surface area contributed by atoms with Gasteiger partial charge in [0.25, 0.3) is 0 Å². The van der Waals surface area contributed by atoms with Crippen LogP contribution in [0.3, 0.4) is 0 Å². The molecule has 0 aliphatic carbocycles. The Balaban J connectivity index is 2.13. The van der Waals surface area contributed by atoms with Crippen LogP contribution in [-0.4, -0.2) is 31.8 Å². The summed E-state index contributed by atoms with van der Waals surface area (Å²) in [5.41, 5.74) is 8.14. The van der Waals surface area contributed by atoms with E-state index in [0.29, 0.717) is 6.54 Å². The molecular formula is C14H21BrN2O. The molecule has 1 aromatic carbocycles. The van der Waals surface area contributed by atoms with Crippen molar-refractivity contribution < 1.29 is 4.74 Å². The van der Waals surface area contributed by atoms with Crippen molar-refractivity contribution in [2.24, 2.45) is 5.73 Å². The lowest BCUT2D eigenvalue weighted by atomic mass is 10.1. The van der Waals surface area contributed by atoms with Crippen LogP contribution in [0, 0.1) is 6.92 Å². The van der Waals surface area contributed by atoms with E-state index < -0.39 is 0 Å². The fraction of sp³-hybridized carbons (Fsp3) is 0.571. The van der Waals surface area contributed by atoms with Crippen molar-refractivity contribution in [2.75, 3.05) is 24.5 Å². The molecule has 2 unspecified atom stereocenters. The Bertz CT molecular complexity index is 411. The van der Waals surface area contributed by atoms with Crippen molar-refractivity contribution >= 4 is 21.6 Å². The molecule has 100 valence electrons. The Hall–Kier alpha value is -0.580. The second-order valence-corrected chi connectivity index (χ2v) is 5.84. The summed E-state index contributed by atoms with van der Waals surface area (Å²) >= 11 is 3.60. The van der Waals surface area contributed by atoms with Gasteiger partial charge in [0, 0.05) is 23.2 Å². The summed E-state index contributed by atoms with van der Waals surface area (Å²) in [6.07, 6.45) is 1.43. The van der Waals surface area contributed by atoms with E-state index in [2.05, 4.69) is 52.9 Å². The minimum absolute atomic E-state index is 0.249. The summed E-state index contributed by atoms with van der Waals surface area (Å²) in [6, 6.07) is 6.52. The lowest BCUT2D eigenvalue weighted by Gasteiger charge is -2.38. The quantitative estimate of drug-likeness (QED) is 0.932. The van der Waals surface area contributed by atoms with Gasteiger partial charge in [-0.25, -0.2) is 0 Å². The number of aryl methyl sites for hydroxylation is 1. The number of hydrogen-bond acceptors (Lipinski definition) is 3. The monoisotopic (exact) mass is 312 g/mol. The first-order valence-electron chi connectivity index (χ1n) is 6.46. The number of benzene rings is 1. The van der Waals surface area contributed by atoms with Gasteiger partial charge in [-0.2, -0.15) is 0 Å². The number of nitrogens with two attached hydrogens (primary N) is 1. The number of hydrogen-bond donors (Lipinski definition) is 1. The van der Waals surface area contributed by atoms with Crippen molar-refractivity contribution in [3.63, 3.8) is 0 Å². The molecule has 3 nitrogen and oxygen atoms in total. The van der Waals surface area contributed by atoms with E-state index >= 15 is 0 Å². The van der Waals surface area contributed by atoms with Crippen LogP contribution in [0.4, 0.5) is 5.69 Å². The summed E-state index contributed by atoms with van der Waals surface area (Å²) in [4.78, 5) is 2.39. The van der Waals surface area contributed by atoms with E-state index in [0.717, 1.165) is 24.0 Å². The number of rotatable bonds is 3. The number of ether oxygens (including phenoxy) is 1. The molecule has 1 fully saturated rings. The van der Waals surface area contributed by atoms with Crippen molar-refractivity contribution in [3.05, 3.63) is 28.2 Å². The Morgan fingerprint density at radius 1 is 1.44 bits per heavy atom. The molecule has 1 aromatic rings. The Kier molecular flexibility index (Phi) is 4.65. The molecule has 0 radical (unpaired) electrons. The molecule has 0 aromatic heterocycles. The van der Waals surface area contributed by atoms with Crippen molar-refractivity contribution in [2.45, 2.75) is 32.5 Å². The number of halogens is 1. The van der Waals surface area contributed by atoms with Crippen LogP contribution in [0.1, 0.15) is 18.9 Å². The predicted octanol–water partition coefficient (Wildman–Crippen LogP) is 2.70. The summed E-state index contributed by atoms with van der Waals surface area (Å²) in [6.45, 7) is 6.78. The SMILES string of the molecule is Cc1ccc(N2CC(C)OC(CCN)C2)cc1Br. The van der Waals surface area contributed by atoms with Crippen molar-refractivity contribution in [3.8, 4) is 0 Å². The average Bonchev–Trinajstić information content (AvgIpc) is 2.32. The standard InChI is InChI=1S/C14H21BrN2O/c1-10-3-4-12(7-14(10)15)17-8-11(2)18-13(9-17)5-6-16/h3-4,7,11,13H,5-6,8-9,16H2,1-2H3. The van der Waals surface area contributed by atoms with Gasteiger partial charge in [0.15, 0.2) is 0 Å². The highest BCUT2D eigenvalue weighted by molar-refractivity contribution is 9.10. The average molecular weight is 313 g/mol. The molecular weight excluding hydrogens is 292 g/mol. The second-order valence-electron chi connectivity index (χ2n) is 4.98. The molecule has 0 saturated carbocycles. The third-order valence-corrected chi connectivity index (χ3v) is 4.19. The van der Waals surface area contributed by atoms with Crippen LogP contribution >= 0.6 is 15.9 Å². The maximum absolute atomic E-state index is 5.90. The zero-order valence-corrected chi connectivity index (χ0v) is 12.6. The molecule has 1 saturated heterocycles. The van der Waals surface area contributed by atoms with E-state index in [4.69, 9.17) is 10.5 Å².